The molecule has 0 radical (unpaired) electrons. The van der Waals surface area contributed by atoms with E-state index in [1.165, 1.54) is 18.2 Å². The highest BCUT2D eigenvalue weighted by Crippen LogP contribution is 2.21. The largest absolute Gasteiger partial charge is 0.497 e. The van der Waals surface area contributed by atoms with Crippen molar-refractivity contribution >= 4 is 21.8 Å². The minimum atomic E-state index is -3.14. The van der Waals surface area contributed by atoms with E-state index in [2.05, 4.69) is 0 Å². The SMILES string of the molecule is COc1ccc(/C=C/C(=O)N(Cc2ccc(F)cc2)C2CCS(=O)(=O)C2)cc1. The molecule has 1 unspecified atom stereocenters. The fourth-order valence-corrected chi connectivity index (χ4v) is 4.90. The number of halogens is 1. The molecule has 28 heavy (non-hydrogen) atoms. The fraction of sp³-hybridized carbons (Fsp3) is 0.286. The smallest absolute Gasteiger partial charge is 0.247 e. The maximum Gasteiger partial charge on any atom is 0.247 e. The number of carbonyl (C=O) groups is 1. The van der Waals surface area contributed by atoms with Gasteiger partial charge in [-0.05, 0) is 47.9 Å². The average Bonchev–Trinajstić information content (AvgIpc) is 3.05. The van der Waals surface area contributed by atoms with Crippen LogP contribution < -0.4 is 4.74 Å². The number of methoxy groups -OCH3 is 1. The van der Waals surface area contributed by atoms with Gasteiger partial charge in [0.05, 0.1) is 18.6 Å². The summed E-state index contributed by atoms with van der Waals surface area (Å²) in [6.07, 6.45) is 3.53. The van der Waals surface area contributed by atoms with Crippen LogP contribution >= 0.6 is 0 Å². The summed E-state index contributed by atoms with van der Waals surface area (Å²) >= 11 is 0. The fourth-order valence-electron chi connectivity index (χ4n) is 3.17. The Kier molecular flexibility index (Phi) is 6.14. The van der Waals surface area contributed by atoms with Crippen molar-refractivity contribution in [1.82, 2.24) is 4.90 Å². The molecule has 1 fully saturated rings. The molecular weight excluding hydrogens is 381 g/mol. The predicted octanol–water partition coefficient (Wildman–Crippen LogP) is 3.06. The molecule has 1 amide bonds. The lowest BCUT2D eigenvalue weighted by molar-refractivity contribution is -0.128. The number of ether oxygens (including phenoxy) is 1. The molecule has 2 aromatic rings. The quantitative estimate of drug-likeness (QED) is 0.696. The summed E-state index contributed by atoms with van der Waals surface area (Å²) in [5.41, 5.74) is 1.58. The molecule has 7 heteroatoms. The molecule has 2 aromatic carbocycles. The van der Waals surface area contributed by atoms with Crippen molar-refractivity contribution in [3.05, 3.63) is 71.6 Å². The highest BCUT2D eigenvalue weighted by molar-refractivity contribution is 7.91. The number of sulfone groups is 1. The summed E-state index contributed by atoms with van der Waals surface area (Å²) in [5.74, 6) is 0.118. The normalized spacial score (nSPS) is 18.3. The van der Waals surface area contributed by atoms with Crippen molar-refractivity contribution in [3.8, 4) is 5.75 Å². The predicted molar refractivity (Wildman–Crippen MR) is 106 cm³/mol. The van der Waals surface area contributed by atoms with E-state index in [-0.39, 0.29) is 35.8 Å². The molecule has 148 valence electrons. The van der Waals surface area contributed by atoms with Gasteiger partial charge in [-0.2, -0.15) is 0 Å². The minimum Gasteiger partial charge on any atom is -0.497 e. The first kappa shape index (κ1) is 20.1. The monoisotopic (exact) mass is 403 g/mol. The van der Waals surface area contributed by atoms with Gasteiger partial charge in [0, 0.05) is 18.7 Å². The van der Waals surface area contributed by atoms with Crippen LogP contribution in [0.25, 0.3) is 6.08 Å². The standard InChI is InChI=1S/C21H22FNO4S/c1-27-20-9-4-16(5-10-20)6-11-21(24)23(19-12-13-28(25,26)15-19)14-17-2-7-18(22)8-3-17/h2-11,19H,12-15H2,1H3/b11-6+. The molecule has 3 rings (SSSR count). The first-order chi connectivity index (χ1) is 13.4. The van der Waals surface area contributed by atoms with Crippen LogP contribution in [0, 0.1) is 5.82 Å². The highest BCUT2D eigenvalue weighted by atomic mass is 32.2. The van der Waals surface area contributed by atoms with Gasteiger partial charge in [-0.15, -0.1) is 0 Å². The molecule has 1 atom stereocenters. The Morgan fingerprint density at radius 3 is 2.43 bits per heavy atom. The highest BCUT2D eigenvalue weighted by Gasteiger charge is 2.34. The van der Waals surface area contributed by atoms with Gasteiger partial charge >= 0.3 is 0 Å². The van der Waals surface area contributed by atoms with Crippen molar-refractivity contribution in [3.63, 3.8) is 0 Å². The van der Waals surface area contributed by atoms with Gasteiger partial charge < -0.3 is 9.64 Å². The Morgan fingerprint density at radius 2 is 1.86 bits per heavy atom. The number of rotatable bonds is 6. The zero-order valence-electron chi connectivity index (χ0n) is 15.5. The molecule has 0 aromatic heterocycles. The van der Waals surface area contributed by atoms with Crippen LogP contribution in [-0.2, 0) is 21.2 Å². The maximum absolute atomic E-state index is 13.2. The van der Waals surface area contributed by atoms with Crippen LogP contribution in [0.15, 0.2) is 54.6 Å². The number of hydrogen-bond acceptors (Lipinski definition) is 4. The summed E-state index contributed by atoms with van der Waals surface area (Å²) in [4.78, 5) is 14.4. The van der Waals surface area contributed by atoms with E-state index in [1.807, 2.05) is 12.1 Å². The van der Waals surface area contributed by atoms with E-state index < -0.39 is 9.84 Å². The average molecular weight is 403 g/mol. The summed E-state index contributed by atoms with van der Waals surface area (Å²) in [5, 5.41) is 0. The molecular formula is C21H22FNO4S. The van der Waals surface area contributed by atoms with E-state index >= 15 is 0 Å². The second-order valence-electron chi connectivity index (χ2n) is 6.76. The summed E-state index contributed by atoms with van der Waals surface area (Å²) < 4.78 is 42.1. The lowest BCUT2D eigenvalue weighted by Crippen LogP contribution is -2.39. The van der Waals surface area contributed by atoms with Crippen LogP contribution in [0.1, 0.15) is 17.5 Å². The molecule has 1 heterocycles. The van der Waals surface area contributed by atoms with Crippen molar-refractivity contribution in [1.29, 1.82) is 0 Å². The van der Waals surface area contributed by atoms with Gasteiger partial charge in [0.2, 0.25) is 5.91 Å². The number of amides is 1. The van der Waals surface area contributed by atoms with Crippen molar-refractivity contribution in [2.24, 2.45) is 0 Å². The maximum atomic E-state index is 13.2. The third-order valence-corrected chi connectivity index (χ3v) is 6.48. The second kappa shape index (κ2) is 8.56. The van der Waals surface area contributed by atoms with Crippen molar-refractivity contribution < 1.29 is 22.3 Å². The molecule has 1 aliphatic rings. The van der Waals surface area contributed by atoms with Crippen LogP contribution in [-0.4, -0.2) is 43.9 Å². The zero-order chi connectivity index (χ0) is 20.1. The van der Waals surface area contributed by atoms with Crippen molar-refractivity contribution in [2.75, 3.05) is 18.6 Å². The Labute approximate surface area is 164 Å². The molecule has 1 aliphatic heterocycles. The van der Waals surface area contributed by atoms with Gasteiger partial charge in [0.15, 0.2) is 9.84 Å². The Balaban J connectivity index is 1.79. The van der Waals surface area contributed by atoms with Gasteiger partial charge in [-0.1, -0.05) is 24.3 Å². The first-order valence-electron chi connectivity index (χ1n) is 8.94. The van der Waals surface area contributed by atoms with E-state index in [9.17, 15) is 17.6 Å². The molecule has 0 spiro atoms. The molecule has 1 saturated heterocycles. The van der Waals surface area contributed by atoms with E-state index in [1.54, 1.807) is 42.4 Å². The lowest BCUT2D eigenvalue weighted by Gasteiger charge is -2.27. The molecule has 0 aliphatic carbocycles. The summed E-state index contributed by atoms with van der Waals surface area (Å²) in [6.45, 7) is 0.228. The lowest BCUT2D eigenvalue weighted by atomic mass is 10.1. The summed E-state index contributed by atoms with van der Waals surface area (Å²) in [6, 6.07) is 12.7. The Bertz CT molecular complexity index is 953. The van der Waals surface area contributed by atoms with E-state index in [0.717, 1.165) is 16.9 Å². The molecule has 0 bridgehead atoms. The number of hydrogen-bond donors (Lipinski definition) is 0. The van der Waals surface area contributed by atoms with Crippen LogP contribution in [0.5, 0.6) is 5.75 Å². The molecule has 5 nitrogen and oxygen atoms in total. The van der Waals surface area contributed by atoms with E-state index in [4.69, 9.17) is 4.74 Å². The number of carbonyl (C=O) groups excluding carboxylic acids is 1. The third kappa shape index (κ3) is 5.19. The van der Waals surface area contributed by atoms with E-state index in [0.29, 0.717) is 6.42 Å². The second-order valence-corrected chi connectivity index (χ2v) is 8.98. The van der Waals surface area contributed by atoms with Gasteiger partial charge in [0.25, 0.3) is 0 Å². The minimum absolute atomic E-state index is 0.0453. The third-order valence-electron chi connectivity index (χ3n) is 4.73. The molecule has 0 saturated carbocycles. The topological polar surface area (TPSA) is 63.7 Å². The molecule has 0 N–H and O–H groups in total. The van der Waals surface area contributed by atoms with Gasteiger partial charge in [-0.3, -0.25) is 4.79 Å². The van der Waals surface area contributed by atoms with Crippen LogP contribution in [0.3, 0.4) is 0 Å². The van der Waals surface area contributed by atoms with Gasteiger partial charge in [-0.25, -0.2) is 12.8 Å². The van der Waals surface area contributed by atoms with Crippen LogP contribution in [0.2, 0.25) is 0 Å². The number of benzene rings is 2. The first-order valence-corrected chi connectivity index (χ1v) is 10.8. The number of nitrogens with zero attached hydrogens (tertiary/aromatic N) is 1. The Hall–Kier alpha value is -2.67. The van der Waals surface area contributed by atoms with Gasteiger partial charge in [0.1, 0.15) is 11.6 Å². The Morgan fingerprint density at radius 1 is 1.18 bits per heavy atom. The van der Waals surface area contributed by atoms with Crippen molar-refractivity contribution in [2.45, 2.75) is 19.0 Å². The zero-order valence-corrected chi connectivity index (χ0v) is 16.4. The van der Waals surface area contributed by atoms with Crippen LogP contribution in [0.4, 0.5) is 4.39 Å². The summed E-state index contributed by atoms with van der Waals surface area (Å²) in [7, 11) is -1.56.